The van der Waals surface area contributed by atoms with Crippen molar-refractivity contribution in [3.05, 3.63) is 18.2 Å². The van der Waals surface area contributed by atoms with Crippen molar-refractivity contribution in [2.75, 3.05) is 12.0 Å². The topological polar surface area (TPSA) is 69.0 Å². The molecule has 1 aromatic heterocycles. The maximum atomic E-state index is 11.2. The second-order valence-corrected chi connectivity index (χ2v) is 5.06. The second kappa shape index (κ2) is 3.29. The van der Waals surface area contributed by atoms with Gasteiger partial charge in [0.25, 0.3) is 0 Å². The number of sulfone groups is 1. The first kappa shape index (κ1) is 9.91. The first-order valence-corrected chi connectivity index (χ1v) is 5.63. The van der Waals surface area contributed by atoms with E-state index in [2.05, 4.69) is 4.98 Å². The van der Waals surface area contributed by atoms with Gasteiger partial charge in [0.05, 0.1) is 6.33 Å². The van der Waals surface area contributed by atoms with Gasteiger partial charge in [-0.3, -0.25) is 4.79 Å². The first-order valence-electron chi connectivity index (χ1n) is 3.57. The molecule has 72 valence electrons. The van der Waals surface area contributed by atoms with Gasteiger partial charge >= 0.3 is 0 Å². The molecule has 0 saturated carbocycles. The Morgan fingerprint density at radius 2 is 2.23 bits per heavy atom. The van der Waals surface area contributed by atoms with E-state index < -0.39 is 21.4 Å². The minimum absolute atomic E-state index is 0.188. The SMILES string of the molecule is Cn1cnc(C(=O)CS(C)(=O)=O)c1. The molecule has 0 aliphatic rings. The zero-order chi connectivity index (χ0) is 10.1. The largest absolute Gasteiger partial charge is 0.340 e. The Bertz CT molecular complexity index is 419. The van der Waals surface area contributed by atoms with E-state index in [1.54, 1.807) is 11.6 Å². The summed E-state index contributed by atoms with van der Waals surface area (Å²) in [6.45, 7) is 0. The zero-order valence-corrected chi connectivity index (χ0v) is 8.21. The summed E-state index contributed by atoms with van der Waals surface area (Å²) in [7, 11) is -1.55. The van der Waals surface area contributed by atoms with E-state index in [0.717, 1.165) is 6.26 Å². The van der Waals surface area contributed by atoms with Crippen LogP contribution in [0.25, 0.3) is 0 Å². The molecular weight excluding hydrogens is 192 g/mol. The van der Waals surface area contributed by atoms with Crippen LogP contribution in [0.2, 0.25) is 0 Å². The number of imidazole rings is 1. The van der Waals surface area contributed by atoms with Gasteiger partial charge < -0.3 is 4.57 Å². The number of aryl methyl sites for hydroxylation is 1. The van der Waals surface area contributed by atoms with Gasteiger partial charge in [-0.25, -0.2) is 13.4 Å². The lowest BCUT2D eigenvalue weighted by Crippen LogP contribution is -2.14. The van der Waals surface area contributed by atoms with E-state index in [1.807, 2.05) is 0 Å². The molecule has 0 aliphatic heterocycles. The number of hydrogen-bond donors (Lipinski definition) is 0. The van der Waals surface area contributed by atoms with Crippen LogP contribution in [0.4, 0.5) is 0 Å². The summed E-state index contributed by atoms with van der Waals surface area (Å²) in [5, 5.41) is 0. The quantitative estimate of drug-likeness (QED) is 0.628. The Morgan fingerprint density at radius 3 is 2.62 bits per heavy atom. The minimum Gasteiger partial charge on any atom is -0.340 e. The molecule has 0 N–H and O–H groups in total. The lowest BCUT2D eigenvalue weighted by molar-refractivity contribution is 0.101. The average molecular weight is 202 g/mol. The van der Waals surface area contributed by atoms with Crippen molar-refractivity contribution >= 4 is 15.6 Å². The Morgan fingerprint density at radius 1 is 1.62 bits per heavy atom. The van der Waals surface area contributed by atoms with E-state index in [-0.39, 0.29) is 5.69 Å². The fourth-order valence-corrected chi connectivity index (χ4v) is 1.49. The molecule has 13 heavy (non-hydrogen) atoms. The van der Waals surface area contributed by atoms with Gasteiger partial charge in [-0.2, -0.15) is 0 Å². The number of Topliss-reactive ketones (excluding diaryl/α,β-unsaturated/α-hetero) is 1. The van der Waals surface area contributed by atoms with Crippen LogP contribution in [0.5, 0.6) is 0 Å². The molecule has 0 fully saturated rings. The smallest absolute Gasteiger partial charge is 0.197 e. The molecule has 1 aromatic rings. The van der Waals surface area contributed by atoms with Crippen molar-refractivity contribution in [2.24, 2.45) is 7.05 Å². The number of carbonyl (C=O) groups is 1. The van der Waals surface area contributed by atoms with Crippen molar-refractivity contribution in [3.8, 4) is 0 Å². The van der Waals surface area contributed by atoms with Crippen LogP contribution in [-0.4, -0.2) is 35.8 Å². The summed E-state index contributed by atoms with van der Waals surface area (Å²) < 4.78 is 23.1. The van der Waals surface area contributed by atoms with Crippen LogP contribution in [0, 0.1) is 0 Å². The third kappa shape index (κ3) is 2.98. The normalized spacial score (nSPS) is 11.5. The molecule has 0 radical (unpaired) electrons. The Labute approximate surface area is 76.3 Å². The summed E-state index contributed by atoms with van der Waals surface area (Å²) in [6.07, 6.45) is 3.97. The highest BCUT2D eigenvalue weighted by Gasteiger charge is 2.14. The molecule has 1 heterocycles. The monoisotopic (exact) mass is 202 g/mol. The third-order valence-electron chi connectivity index (χ3n) is 1.38. The molecule has 0 bridgehead atoms. The van der Waals surface area contributed by atoms with Crippen LogP contribution in [0.1, 0.15) is 10.5 Å². The van der Waals surface area contributed by atoms with Crippen LogP contribution in [0.3, 0.4) is 0 Å². The molecule has 0 spiro atoms. The molecular formula is C7H10N2O3S. The molecule has 5 nitrogen and oxygen atoms in total. The van der Waals surface area contributed by atoms with Gasteiger partial charge in [0.15, 0.2) is 15.6 Å². The number of rotatable bonds is 3. The van der Waals surface area contributed by atoms with Crippen molar-refractivity contribution in [1.82, 2.24) is 9.55 Å². The van der Waals surface area contributed by atoms with E-state index in [4.69, 9.17) is 0 Å². The average Bonchev–Trinajstić information content (AvgIpc) is 2.31. The van der Waals surface area contributed by atoms with Crippen LogP contribution >= 0.6 is 0 Å². The van der Waals surface area contributed by atoms with Crippen molar-refractivity contribution in [1.29, 1.82) is 0 Å². The minimum atomic E-state index is -3.26. The lowest BCUT2D eigenvalue weighted by atomic mass is 10.3. The Kier molecular flexibility index (Phi) is 2.51. The highest BCUT2D eigenvalue weighted by molar-refractivity contribution is 7.91. The second-order valence-electron chi connectivity index (χ2n) is 2.92. The van der Waals surface area contributed by atoms with Crippen molar-refractivity contribution in [3.63, 3.8) is 0 Å². The Balaban J connectivity index is 2.81. The number of carbonyl (C=O) groups excluding carboxylic acids is 1. The molecule has 1 rings (SSSR count). The van der Waals surface area contributed by atoms with E-state index >= 15 is 0 Å². The van der Waals surface area contributed by atoms with Crippen molar-refractivity contribution in [2.45, 2.75) is 0 Å². The van der Waals surface area contributed by atoms with E-state index in [9.17, 15) is 13.2 Å². The van der Waals surface area contributed by atoms with Gasteiger partial charge in [0.2, 0.25) is 0 Å². The number of ketones is 1. The molecule has 0 aliphatic carbocycles. The van der Waals surface area contributed by atoms with Crippen LogP contribution in [0.15, 0.2) is 12.5 Å². The molecule has 6 heteroatoms. The number of nitrogens with zero attached hydrogens (tertiary/aromatic N) is 2. The number of aromatic nitrogens is 2. The summed E-state index contributed by atoms with van der Waals surface area (Å²) in [5.74, 6) is -0.951. The maximum Gasteiger partial charge on any atom is 0.197 e. The fourth-order valence-electron chi connectivity index (χ4n) is 0.869. The van der Waals surface area contributed by atoms with Crippen LogP contribution in [-0.2, 0) is 16.9 Å². The fraction of sp³-hybridized carbons (Fsp3) is 0.429. The summed E-state index contributed by atoms with van der Waals surface area (Å²) in [6, 6.07) is 0. The van der Waals surface area contributed by atoms with E-state index in [1.165, 1.54) is 12.5 Å². The number of hydrogen-bond acceptors (Lipinski definition) is 4. The molecule has 0 amide bonds. The summed E-state index contributed by atoms with van der Waals surface area (Å²) >= 11 is 0. The highest BCUT2D eigenvalue weighted by atomic mass is 32.2. The third-order valence-corrected chi connectivity index (χ3v) is 2.17. The predicted molar refractivity (Wildman–Crippen MR) is 47.2 cm³/mol. The maximum absolute atomic E-state index is 11.2. The standard InChI is InChI=1S/C7H10N2O3S/c1-9-3-6(8-5-9)7(10)4-13(2,11)12/h3,5H,4H2,1-2H3. The van der Waals surface area contributed by atoms with Gasteiger partial charge in [-0.1, -0.05) is 0 Å². The van der Waals surface area contributed by atoms with E-state index in [0.29, 0.717) is 0 Å². The molecule has 0 saturated heterocycles. The predicted octanol–water partition coefficient (Wildman–Crippen LogP) is -0.353. The summed E-state index contributed by atoms with van der Waals surface area (Å²) in [5.41, 5.74) is 0.188. The van der Waals surface area contributed by atoms with Crippen molar-refractivity contribution < 1.29 is 13.2 Å². The first-order chi connectivity index (χ1) is 5.88. The van der Waals surface area contributed by atoms with Crippen LogP contribution < -0.4 is 0 Å². The lowest BCUT2D eigenvalue weighted by Gasteiger charge is -1.93. The summed E-state index contributed by atoms with van der Waals surface area (Å²) in [4.78, 5) is 15.0. The molecule has 0 atom stereocenters. The van der Waals surface area contributed by atoms with Gasteiger partial charge in [-0.15, -0.1) is 0 Å². The molecule has 0 unspecified atom stereocenters. The van der Waals surface area contributed by atoms with Gasteiger partial charge in [0, 0.05) is 19.5 Å². The van der Waals surface area contributed by atoms with Gasteiger partial charge in [0.1, 0.15) is 11.4 Å². The Hall–Kier alpha value is -1.17. The zero-order valence-electron chi connectivity index (χ0n) is 7.39. The molecule has 0 aromatic carbocycles. The highest BCUT2D eigenvalue weighted by Crippen LogP contribution is 1.98. The van der Waals surface area contributed by atoms with Gasteiger partial charge in [-0.05, 0) is 0 Å².